The third-order valence-corrected chi connectivity index (χ3v) is 5.89. The molecule has 31 heavy (non-hydrogen) atoms. The number of aryl methyl sites for hydroxylation is 1. The number of hydrogen-bond donors (Lipinski definition) is 0. The van der Waals surface area contributed by atoms with Gasteiger partial charge in [-0.1, -0.05) is 44.4 Å². The van der Waals surface area contributed by atoms with E-state index in [2.05, 4.69) is 11.5 Å². The molecule has 1 atom stereocenters. The molecular formula is C24H26F3N3O. The Morgan fingerprint density at radius 1 is 1.06 bits per heavy atom. The van der Waals surface area contributed by atoms with Gasteiger partial charge in [-0.05, 0) is 36.8 Å². The summed E-state index contributed by atoms with van der Waals surface area (Å²) < 4.78 is 41.6. The first-order valence-electron chi connectivity index (χ1n) is 10.8. The fraction of sp³-hybridized carbons (Fsp3) is 0.417. The maximum atomic E-state index is 13.1. The standard InChI is InChI=1S/C24H26F3N3O/c1-2-3-4-7-13-29-21-12-6-5-11-20(21)28-23(29)17-14-22(31)30(16-17)19-10-8-9-18(15-19)24(25,26)27/h5-6,8-12,15,17H,2-4,7,13-14,16H2,1H3/t17-/m1/s1. The second-order valence-electron chi connectivity index (χ2n) is 8.12. The Morgan fingerprint density at radius 2 is 1.87 bits per heavy atom. The van der Waals surface area contributed by atoms with Gasteiger partial charge in [0, 0.05) is 31.1 Å². The van der Waals surface area contributed by atoms with Crippen molar-refractivity contribution >= 4 is 22.6 Å². The van der Waals surface area contributed by atoms with Gasteiger partial charge >= 0.3 is 6.18 Å². The summed E-state index contributed by atoms with van der Waals surface area (Å²) in [6.45, 7) is 3.33. The number of halogens is 3. The number of benzene rings is 2. The van der Waals surface area contributed by atoms with Crippen molar-refractivity contribution < 1.29 is 18.0 Å². The summed E-state index contributed by atoms with van der Waals surface area (Å²) in [4.78, 5) is 19.0. The predicted octanol–water partition coefficient (Wildman–Crippen LogP) is 6.16. The van der Waals surface area contributed by atoms with Gasteiger partial charge in [-0.3, -0.25) is 4.79 Å². The van der Waals surface area contributed by atoms with E-state index in [1.165, 1.54) is 17.4 Å². The molecule has 1 amide bonds. The highest BCUT2D eigenvalue weighted by Gasteiger charge is 2.36. The molecule has 1 aliphatic heterocycles. The van der Waals surface area contributed by atoms with E-state index in [9.17, 15) is 18.0 Å². The van der Waals surface area contributed by atoms with Gasteiger partial charge < -0.3 is 9.47 Å². The van der Waals surface area contributed by atoms with Gasteiger partial charge in [0.05, 0.1) is 16.6 Å². The Labute approximate surface area is 179 Å². The summed E-state index contributed by atoms with van der Waals surface area (Å²) in [6, 6.07) is 12.9. The van der Waals surface area contributed by atoms with Crippen LogP contribution in [0.3, 0.4) is 0 Å². The number of amides is 1. The first-order chi connectivity index (χ1) is 14.9. The molecule has 4 rings (SSSR count). The topological polar surface area (TPSA) is 38.1 Å². The van der Waals surface area contributed by atoms with Crippen LogP contribution in [0, 0.1) is 0 Å². The summed E-state index contributed by atoms with van der Waals surface area (Å²) in [5.41, 5.74) is 1.47. The first kappa shape index (κ1) is 21.4. The van der Waals surface area contributed by atoms with E-state index in [0.717, 1.165) is 54.8 Å². The van der Waals surface area contributed by atoms with Gasteiger partial charge in [0.2, 0.25) is 5.91 Å². The molecule has 164 valence electrons. The zero-order valence-electron chi connectivity index (χ0n) is 17.5. The number of para-hydroxylation sites is 2. The van der Waals surface area contributed by atoms with E-state index in [4.69, 9.17) is 4.98 Å². The van der Waals surface area contributed by atoms with Crippen molar-refractivity contribution in [1.82, 2.24) is 9.55 Å². The van der Waals surface area contributed by atoms with Crippen molar-refractivity contribution in [3.05, 3.63) is 59.9 Å². The first-order valence-corrected chi connectivity index (χ1v) is 10.8. The lowest BCUT2D eigenvalue weighted by Crippen LogP contribution is -2.25. The normalized spacial score (nSPS) is 17.1. The van der Waals surface area contributed by atoms with Gasteiger partial charge in [0.1, 0.15) is 5.82 Å². The molecule has 0 aliphatic carbocycles. The molecule has 0 saturated carbocycles. The number of alkyl halides is 3. The molecule has 2 heterocycles. The zero-order chi connectivity index (χ0) is 22.0. The summed E-state index contributed by atoms with van der Waals surface area (Å²) >= 11 is 0. The van der Waals surface area contributed by atoms with Crippen molar-refractivity contribution in [3.8, 4) is 0 Å². The number of unbranched alkanes of at least 4 members (excludes halogenated alkanes) is 3. The van der Waals surface area contributed by atoms with Crippen molar-refractivity contribution in [3.63, 3.8) is 0 Å². The smallest absolute Gasteiger partial charge is 0.328 e. The van der Waals surface area contributed by atoms with Gasteiger partial charge in [-0.15, -0.1) is 0 Å². The Kier molecular flexibility index (Phi) is 6.03. The molecule has 0 bridgehead atoms. The molecule has 1 aliphatic rings. The van der Waals surface area contributed by atoms with Crippen LogP contribution in [-0.2, 0) is 17.5 Å². The molecule has 3 aromatic rings. The molecule has 0 radical (unpaired) electrons. The van der Waals surface area contributed by atoms with Gasteiger partial charge in [-0.2, -0.15) is 13.2 Å². The van der Waals surface area contributed by atoms with Crippen LogP contribution in [0.4, 0.5) is 18.9 Å². The third-order valence-electron chi connectivity index (χ3n) is 5.89. The highest BCUT2D eigenvalue weighted by molar-refractivity contribution is 5.96. The molecule has 0 N–H and O–H groups in total. The number of anilines is 1. The molecule has 2 aromatic carbocycles. The van der Waals surface area contributed by atoms with E-state index in [-0.39, 0.29) is 23.9 Å². The summed E-state index contributed by atoms with van der Waals surface area (Å²) in [5.74, 6) is 0.523. The average molecular weight is 429 g/mol. The van der Waals surface area contributed by atoms with Crippen LogP contribution in [0.1, 0.15) is 56.3 Å². The molecule has 1 fully saturated rings. The van der Waals surface area contributed by atoms with Gasteiger partial charge in [-0.25, -0.2) is 4.98 Å². The maximum absolute atomic E-state index is 13.1. The van der Waals surface area contributed by atoms with Crippen LogP contribution >= 0.6 is 0 Å². The van der Waals surface area contributed by atoms with E-state index in [1.54, 1.807) is 6.07 Å². The minimum atomic E-state index is -4.44. The summed E-state index contributed by atoms with van der Waals surface area (Å²) in [7, 11) is 0. The maximum Gasteiger partial charge on any atom is 0.416 e. The van der Waals surface area contributed by atoms with E-state index < -0.39 is 11.7 Å². The van der Waals surface area contributed by atoms with Crippen LogP contribution in [0.25, 0.3) is 11.0 Å². The molecular weight excluding hydrogens is 403 g/mol. The van der Waals surface area contributed by atoms with Gasteiger partial charge in [0.25, 0.3) is 0 Å². The Bertz CT molecular complexity index is 1070. The van der Waals surface area contributed by atoms with Crippen LogP contribution < -0.4 is 4.90 Å². The number of fused-ring (bicyclic) bond motifs is 1. The van der Waals surface area contributed by atoms with E-state index in [1.807, 2.05) is 24.3 Å². The lowest BCUT2D eigenvalue weighted by atomic mass is 10.1. The molecule has 7 heteroatoms. The lowest BCUT2D eigenvalue weighted by Gasteiger charge is -2.19. The largest absolute Gasteiger partial charge is 0.416 e. The Hall–Kier alpha value is -2.83. The SMILES string of the molecule is CCCCCCn1c([C@@H]2CC(=O)N(c3cccc(C(F)(F)F)c3)C2)nc2ccccc21. The Morgan fingerprint density at radius 3 is 2.65 bits per heavy atom. The molecule has 4 nitrogen and oxygen atoms in total. The van der Waals surface area contributed by atoms with Crippen LogP contribution in [0.2, 0.25) is 0 Å². The molecule has 0 spiro atoms. The molecule has 1 saturated heterocycles. The van der Waals surface area contributed by atoms with Crippen molar-refractivity contribution in [2.24, 2.45) is 0 Å². The second kappa shape index (κ2) is 8.73. The van der Waals surface area contributed by atoms with Crippen molar-refractivity contribution in [1.29, 1.82) is 0 Å². The number of imidazole rings is 1. The highest BCUT2D eigenvalue weighted by atomic mass is 19.4. The van der Waals surface area contributed by atoms with Crippen molar-refractivity contribution in [2.75, 3.05) is 11.4 Å². The minimum Gasteiger partial charge on any atom is -0.328 e. The minimum absolute atomic E-state index is 0.152. The van der Waals surface area contributed by atoms with E-state index in [0.29, 0.717) is 6.54 Å². The predicted molar refractivity (Wildman–Crippen MR) is 115 cm³/mol. The summed E-state index contributed by atoms with van der Waals surface area (Å²) in [5, 5.41) is 0. The number of carbonyl (C=O) groups is 1. The van der Waals surface area contributed by atoms with Crippen LogP contribution in [0.15, 0.2) is 48.5 Å². The Balaban J connectivity index is 1.62. The van der Waals surface area contributed by atoms with Gasteiger partial charge in [0.15, 0.2) is 0 Å². The van der Waals surface area contributed by atoms with Crippen LogP contribution in [-0.4, -0.2) is 22.0 Å². The monoisotopic (exact) mass is 429 g/mol. The number of hydrogen-bond acceptors (Lipinski definition) is 2. The lowest BCUT2D eigenvalue weighted by molar-refractivity contribution is -0.137. The third kappa shape index (κ3) is 4.45. The quantitative estimate of drug-likeness (QED) is 0.422. The van der Waals surface area contributed by atoms with E-state index >= 15 is 0 Å². The average Bonchev–Trinajstić information content (AvgIpc) is 3.31. The number of rotatable bonds is 7. The fourth-order valence-electron chi connectivity index (χ4n) is 4.32. The fourth-order valence-corrected chi connectivity index (χ4v) is 4.32. The number of carbonyl (C=O) groups excluding carboxylic acids is 1. The highest BCUT2D eigenvalue weighted by Crippen LogP contribution is 2.36. The second-order valence-corrected chi connectivity index (χ2v) is 8.12. The van der Waals surface area contributed by atoms with Crippen molar-refractivity contribution in [2.45, 2.75) is 57.7 Å². The summed E-state index contributed by atoms with van der Waals surface area (Å²) in [6.07, 6.45) is 0.286. The number of aromatic nitrogens is 2. The number of nitrogens with zero attached hydrogens (tertiary/aromatic N) is 3. The zero-order valence-corrected chi connectivity index (χ0v) is 17.5. The molecule has 1 aromatic heterocycles. The van der Waals surface area contributed by atoms with Crippen LogP contribution in [0.5, 0.6) is 0 Å². The molecule has 0 unspecified atom stereocenters.